The number of nitriles is 1. The third-order valence-corrected chi connectivity index (χ3v) is 4.40. The van der Waals surface area contributed by atoms with Crippen molar-refractivity contribution in [2.45, 2.75) is 19.9 Å². The van der Waals surface area contributed by atoms with Gasteiger partial charge < -0.3 is 14.4 Å². The molecule has 0 spiro atoms. The third kappa shape index (κ3) is 7.53. The molecule has 29 heavy (non-hydrogen) atoms. The van der Waals surface area contributed by atoms with Gasteiger partial charge in [-0.1, -0.05) is 42.5 Å². The zero-order chi connectivity index (χ0) is 20.9. The molecule has 2 rings (SSSR count). The number of amides is 1. The minimum atomic E-state index is -0.350. The molecule has 0 atom stereocenters. The van der Waals surface area contributed by atoms with Gasteiger partial charge in [0.05, 0.1) is 24.7 Å². The summed E-state index contributed by atoms with van der Waals surface area (Å²) in [6.45, 7) is 4.26. The van der Waals surface area contributed by atoms with Gasteiger partial charge in [-0.15, -0.1) is 0 Å². The Morgan fingerprint density at radius 3 is 2.59 bits per heavy atom. The summed E-state index contributed by atoms with van der Waals surface area (Å²) in [6.07, 6.45) is 0.306. The molecule has 0 aliphatic heterocycles. The first-order chi connectivity index (χ1) is 14.2. The molecule has 2 aromatic carbocycles. The molecule has 0 bridgehead atoms. The molecule has 0 heterocycles. The van der Waals surface area contributed by atoms with Crippen LogP contribution in [0.1, 0.15) is 29.3 Å². The van der Waals surface area contributed by atoms with Crippen LogP contribution in [0.5, 0.6) is 5.75 Å². The van der Waals surface area contributed by atoms with E-state index in [2.05, 4.69) is 11.4 Å². The van der Waals surface area contributed by atoms with Crippen molar-refractivity contribution in [2.75, 3.05) is 26.4 Å². The highest BCUT2D eigenvalue weighted by atomic mass is 32.1. The lowest BCUT2D eigenvalue weighted by Gasteiger charge is -2.25. The minimum absolute atomic E-state index is 0.276. The van der Waals surface area contributed by atoms with Crippen molar-refractivity contribution in [1.82, 2.24) is 10.2 Å². The van der Waals surface area contributed by atoms with Crippen LogP contribution in [-0.2, 0) is 11.3 Å². The predicted octanol–water partition coefficient (Wildman–Crippen LogP) is 3.53. The molecule has 0 aromatic heterocycles. The summed E-state index contributed by atoms with van der Waals surface area (Å²) >= 11 is 5.45. The van der Waals surface area contributed by atoms with E-state index in [9.17, 15) is 4.79 Å². The predicted molar refractivity (Wildman–Crippen MR) is 116 cm³/mol. The largest absolute Gasteiger partial charge is 0.490 e. The van der Waals surface area contributed by atoms with Crippen LogP contribution in [0.3, 0.4) is 0 Å². The van der Waals surface area contributed by atoms with Crippen molar-refractivity contribution in [3.8, 4) is 11.8 Å². The SMILES string of the molecule is CCOCCOc1ccccc1C(=O)NC(=S)N(CCC#N)Cc1ccccc1. The van der Waals surface area contributed by atoms with Gasteiger partial charge in [-0.2, -0.15) is 5.26 Å². The molecule has 1 amide bonds. The molecular formula is C22H25N3O3S. The first-order valence-corrected chi connectivity index (χ1v) is 9.87. The number of nitrogens with zero attached hydrogens (tertiary/aromatic N) is 2. The van der Waals surface area contributed by atoms with E-state index in [1.807, 2.05) is 42.2 Å². The maximum Gasteiger partial charge on any atom is 0.261 e. The first-order valence-electron chi connectivity index (χ1n) is 9.46. The second-order valence-electron chi connectivity index (χ2n) is 6.12. The minimum Gasteiger partial charge on any atom is -0.490 e. The Morgan fingerprint density at radius 2 is 1.86 bits per heavy atom. The monoisotopic (exact) mass is 411 g/mol. The Morgan fingerprint density at radius 1 is 1.14 bits per heavy atom. The Labute approximate surface area is 177 Å². The quantitative estimate of drug-likeness (QED) is 0.476. The van der Waals surface area contributed by atoms with Gasteiger partial charge in [0.25, 0.3) is 5.91 Å². The Hall–Kier alpha value is -2.95. The van der Waals surface area contributed by atoms with Gasteiger partial charge in [0.2, 0.25) is 0 Å². The fourth-order valence-electron chi connectivity index (χ4n) is 2.62. The third-order valence-electron chi connectivity index (χ3n) is 4.04. The number of para-hydroxylation sites is 1. The summed E-state index contributed by atoms with van der Waals surface area (Å²) in [5.74, 6) is 0.121. The number of hydrogen-bond acceptors (Lipinski definition) is 5. The summed E-state index contributed by atoms with van der Waals surface area (Å²) in [5.41, 5.74) is 1.44. The van der Waals surface area contributed by atoms with Crippen LogP contribution in [0.25, 0.3) is 0 Å². The Bertz CT molecular complexity index is 837. The van der Waals surface area contributed by atoms with Gasteiger partial charge in [-0.05, 0) is 36.8 Å². The van der Waals surface area contributed by atoms with Gasteiger partial charge in [-0.25, -0.2) is 0 Å². The molecule has 0 radical (unpaired) electrons. The van der Waals surface area contributed by atoms with E-state index >= 15 is 0 Å². The number of ether oxygens (including phenoxy) is 2. The van der Waals surface area contributed by atoms with Crippen molar-refractivity contribution < 1.29 is 14.3 Å². The molecule has 2 aromatic rings. The van der Waals surface area contributed by atoms with Crippen LogP contribution < -0.4 is 10.1 Å². The second-order valence-corrected chi connectivity index (χ2v) is 6.50. The highest BCUT2D eigenvalue weighted by Crippen LogP contribution is 2.18. The average Bonchev–Trinajstić information content (AvgIpc) is 2.75. The number of carbonyl (C=O) groups excluding carboxylic acids is 1. The lowest BCUT2D eigenvalue weighted by Crippen LogP contribution is -2.42. The lowest BCUT2D eigenvalue weighted by molar-refractivity contribution is 0.0954. The van der Waals surface area contributed by atoms with E-state index < -0.39 is 0 Å². The molecule has 1 N–H and O–H groups in total. The van der Waals surface area contributed by atoms with Crippen LogP contribution >= 0.6 is 12.2 Å². The topological polar surface area (TPSA) is 74.6 Å². The fourth-order valence-corrected chi connectivity index (χ4v) is 2.87. The molecule has 0 saturated heterocycles. The Balaban J connectivity index is 2.05. The number of carbonyl (C=O) groups is 1. The molecule has 0 aliphatic rings. The zero-order valence-electron chi connectivity index (χ0n) is 16.5. The number of nitrogens with one attached hydrogen (secondary N) is 1. The van der Waals surface area contributed by atoms with Crippen LogP contribution in [0.2, 0.25) is 0 Å². The highest BCUT2D eigenvalue weighted by Gasteiger charge is 2.17. The van der Waals surface area contributed by atoms with E-state index in [-0.39, 0.29) is 11.0 Å². The summed E-state index contributed by atoms with van der Waals surface area (Å²) in [6, 6.07) is 18.9. The summed E-state index contributed by atoms with van der Waals surface area (Å²) in [5, 5.41) is 12.0. The van der Waals surface area contributed by atoms with Crippen molar-refractivity contribution in [1.29, 1.82) is 5.26 Å². The summed E-state index contributed by atoms with van der Waals surface area (Å²) in [7, 11) is 0. The molecule has 6 nitrogen and oxygen atoms in total. The normalized spacial score (nSPS) is 10.1. The van der Waals surface area contributed by atoms with E-state index in [1.54, 1.807) is 24.3 Å². The van der Waals surface area contributed by atoms with Gasteiger partial charge in [0, 0.05) is 19.7 Å². The van der Waals surface area contributed by atoms with Gasteiger partial charge in [-0.3, -0.25) is 10.1 Å². The number of thiocarbonyl (C=S) groups is 1. The average molecular weight is 412 g/mol. The van der Waals surface area contributed by atoms with Crippen LogP contribution in [0.15, 0.2) is 54.6 Å². The molecule has 7 heteroatoms. The lowest BCUT2D eigenvalue weighted by atomic mass is 10.2. The van der Waals surface area contributed by atoms with Crippen molar-refractivity contribution >= 4 is 23.2 Å². The van der Waals surface area contributed by atoms with E-state index in [0.29, 0.717) is 50.6 Å². The zero-order valence-corrected chi connectivity index (χ0v) is 17.3. The Kier molecular flexibility index (Phi) is 9.63. The number of rotatable bonds is 10. The molecular weight excluding hydrogens is 386 g/mol. The van der Waals surface area contributed by atoms with Crippen LogP contribution in [0.4, 0.5) is 0 Å². The summed E-state index contributed by atoms with van der Waals surface area (Å²) < 4.78 is 10.9. The van der Waals surface area contributed by atoms with E-state index in [1.165, 1.54) is 0 Å². The molecule has 0 fully saturated rings. The van der Waals surface area contributed by atoms with Crippen molar-refractivity contribution in [3.05, 3.63) is 65.7 Å². The van der Waals surface area contributed by atoms with E-state index in [4.69, 9.17) is 27.0 Å². The van der Waals surface area contributed by atoms with Crippen molar-refractivity contribution in [2.24, 2.45) is 0 Å². The van der Waals surface area contributed by atoms with Crippen molar-refractivity contribution in [3.63, 3.8) is 0 Å². The first kappa shape index (κ1) is 22.3. The van der Waals surface area contributed by atoms with Crippen LogP contribution in [-0.4, -0.2) is 42.3 Å². The number of benzene rings is 2. The number of hydrogen-bond donors (Lipinski definition) is 1. The highest BCUT2D eigenvalue weighted by molar-refractivity contribution is 7.80. The molecule has 0 saturated carbocycles. The fraction of sp³-hybridized carbons (Fsp3) is 0.318. The maximum atomic E-state index is 12.8. The van der Waals surface area contributed by atoms with E-state index in [0.717, 1.165) is 5.56 Å². The maximum absolute atomic E-state index is 12.8. The second kappa shape index (κ2) is 12.5. The molecule has 0 aliphatic carbocycles. The van der Waals surface area contributed by atoms with Gasteiger partial charge in [0.15, 0.2) is 5.11 Å². The smallest absolute Gasteiger partial charge is 0.261 e. The van der Waals surface area contributed by atoms with Gasteiger partial charge in [0.1, 0.15) is 12.4 Å². The standard InChI is InChI=1S/C22H25N3O3S/c1-2-27-15-16-28-20-12-7-6-11-19(20)21(26)24-22(29)25(14-8-13-23)17-18-9-4-3-5-10-18/h3-7,9-12H,2,8,14-17H2,1H3,(H,24,26,29). The van der Waals surface area contributed by atoms with Gasteiger partial charge >= 0.3 is 0 Å². The molecule has 0 unspecified atom stereocenters. The summed E-state index contributed by atoms with van der Waals surface area (Å²) in [4.78, 5) is 14.6. The molecule has 152 valence electrons. The van der Waals surface area contributed by atoms with Crippen LogP contribution in [0, 0.1) is 11.3 Å².